The Labute approximate surface area is 165 Å². The molecule has 0 saturated heterocycles. The van der Waals surface area contributed by atoms with Crippen LogP contribution in [0.2, 0.25) is 0 Å². The number of aryl methyl sites for hydroxylation is 4. The summed E-state index contributed by atoms with van der Waals surface area (Å²) in [4.78, 5) is 0. The lowest BCUT2D eigenvalue weighted by Gasteiger charge is -2.27. The molecule has 3 aromatic rings. The van der Waals surface area contributed by atoms with Gasteiger partial charge in [0.15, 0.2) is 0 Å². The Hall–Kier alpha value is -2.71. The zero-order valence-corrected chi connectivity index (χ0v) is 17.4. The molecule has 0 aromatic heterocycles. The molecule has 144 valence electrons. The summed E-state index contributed by atoms with van der Waals surface area (Å²) in [5.74, 6) is 1.64. The number of para-hydroxylation sites is 3. The van der Waals surface area contributed by atoms with Crippen LogP contribution in [0.25, 0.3) is 0 Å². The lowest BCUT2D eigenvalue weighted by molar-refractivity contribution is 0.291. The normalized spacial score (nSPS) is 14.6. The van der Waals surface area contributed by atoms with Crippen LogP contribution in [0.3, 0.4) is 0 Å². The van der Waals surface area contributed by atoms with E-state index in [0.29, 0.717) is 23.7 Å². The van der Waals surface area contributed by atoms with Gasteiger partial charge in [-0.2, -0.15) is 4.57 Å². The molecule has 0 radical (unpaired) electrons. The number of hydrogen-bond donors (Lipinski definition) is 0. The van der Waals surface area contributed by atoms with Crippen LogP contribution < -0.4 is 13.6 Å². The minimum absolute atomic E-state index is 0.525. The molecule has 0 N–H and O–H groups in total. The fourth-order valence-electron chi connectivity index (χ4n) is 3.51. The largest absolute Gasteiger partial charge is 0.647 e. The van der Waals surface area contributed by atoms with Gasteiger partial charge >= 0.3 is 7.82 Å². The zero-order chi connectivity index (χ0) is 19.9. The van der Waals surface area contributed by atoms with E-state index in [1.807, 2.05) is 82.3 Å². The molecule has 4 rings (SSSR count). The number of fused-ring (bicyclic) bond motifs is 2. The molecule has 0 spiro atoms. The molecular weight excluding hydrogens is 371 g/mol. The van der Waals surface area contributed by atoms with Gasteiger partial charge in [-0.3, -0.25) is 0 Å². The van der Waals surface area contributed by atoms with Crippen molar-refractivity contribution in [3.63, 3.8) is 0 Å². The highest BCUT2D eigenvalue weighted by Crippen LogP contribution is 2.55. The van der Waals surface area contributed by atoms with E-state index in [-0.39, 0.29) is 0 Å². The van der Waals surface area contributed by atoms with Gasteiger partial charge in [-0.1, -0.05) is 54.6 Å². The maximum Gasteiger partial charge on any atom is 0.647 e. The van der Waals surface area contributed by atoms with Crippen LogP contribution in [0.1, 0.15) is 33.4 Å². The van der Waals surface area contributed by atoms with E-state index in [1.165, 1.54) is 0 Å². The van der Waals surface area contributed by atoms with Gasteiger partial charge in [-0.15, -0.1) is 0 Å². The summed E-state index contributed by atoms with van der Waals surface area (Å²) in [5, 5.41) is 0. The molecule has 1 heterocycles. The van der Waals surface area contributed by atoms with Gasteiger partial charge in [0.25, 0.3) is 0 Å². The smallest absolute Gasteiger partial charge is 0.385 e. The Morgan fingerprint density at radius 1 is 0.714 bits per heavy atom. The van der Waals surface area contributed by atoms with Crippen molar-refractivity contribution in [1.29, 1.82) is 0 Å². The summed E-state index contributed by atoms with van der Waals surface area (Å²) >= 11 is 0. The predicted octanol–water partition coefficient (Wildman–Crippen LogP) is 6.47. The lowest BCUT2D eigenvalue weighted by atomic mass is 9.99. The highest BCUT2D eigenvalue weighted by molar-refractivity contribution is 7.49. The molecule has 0 bridgehead atoms. The fourth-order valence-corrected chi connectivity index (χ4v) is 5.10. The summed E-state index contributed by atoms with van der Waals surface area (Å²) in [6, 6.07) is 17.6. The molecule has 4 nitrogen and oxygen atoms in total. The topological polar surface area (TPSA) is 44.8 Å². The van der Waals surface area contributed by atoms with Gasteiger partial charge in [-0.25, -0.2) is 0 Å². The molecule has 3 aromatic carbocycles. The third-order valence-electron chi connectivity index (χ3n) is 4.99. The molecular formula is C23H23O4P. The van der Waals surface area contributed by atoms with E-state index in [2.05, 4.69) is 0 Å². The van der Waals surface area contributed by atoms with Crippen LogP contribution in [0.15, 0.2) is 54.6 Å². The van der Waals surface area contributed by atoms with Crippen molar-refractivity contribution in [2.45, 2.75) is 34.1 Å². The Morgan fingerprint density at radius 3 is 1.64 bits per heavy atom. The van der Waals surface area contributed by atoms with E-state index < -0.39 is 7.82 Å². The summed E-state index contributed by atoms with van der Waals surface area (Å²) in [7, 11) is -3.98. The van der Waals surface area contributed by atoms with Crippen LogP contribution in [0, 0.1) is 27.7 Å². The molecule has 28 heavy (non-hydrogen) atoms. The summed E-state index contributed by atoms with van der Waals surface area (Å²) < 4.78 is 31.8. The first-order valence-electron chi connectivity index (χ1n) is 9.28. The maximum atomic E-state index is 13.8. The SMILES string of the molecule is Cc1cccc(C)c1OP1(=O)Oc2c(C)cccc2Cc2cccc(C)c2O1. The molecule has 0 amide bonds. The Balaban J connectivity index is 1.88. The average molecular weight is 394 g/mol. The highest BCUT2D eigenvalue weighted by atomic mass is 31.2. The second-order valence-corrected chi connectivity index (χ2v) is 8.69. The molecule has 0 fully saturated rings. The van der Waals surface area contributed by atoms with E-state index in [1.54, 1.807) is 0 Å². The first-order chi connectivity index (χ1) is 13.4. The minimum atomic E-state index is -3.98. The van der Waals surface area contributed by atoms with Crippen LogP contribution in [-0.4, -0.2) is 0 Å². The van der Waals surface area contributed by atoms with Crippen molar-refractivity contribution in [3.05, 3.63) is 88.0 Å². The standard InChI is InChI=1S/C23H23O4P/c1-15-8-5-9-16(2)21(15)25-28(24)26-22-17(3)10-6-12-19(22)14-20-13-7-11-18(4)23(20)27-28/h5-13H,14H2,1-4H3. The van der Waals surface area contributed by atoms with Crippen LogP contribution in [0.4, 0.5) is 0 Å². The Morgan fingerprint density at radius 2 is 1.14 bits per heavy atom. The van der Waals surface area contributed by atoms with Crippen molar-refractivity contribution >= 4 is 7.82 Å². The molecule has 5 heteroatoms. The van der Waals surface area contributed by atoms with Crippen molar-refractivity contribution < 1.29 is 18.1 Å². The first-order valence-corrected chi connectivity index (χ1v) is 10.7. The number of benzene rings is 3. The monoisotopic (exact) mass is 394 g/mol. The van der Waals surface area contributed by atoms with Crippen molar-refractivity contribution in [1.82, 2.24) is 0 Å². The summed E-state index contributed by atoms with van der Waals surface area (Å²) in [6.07, 6.45) is 0.636. The van der Waals surface area contributed by atoms with Gasteiger partial charge in [0.05, 0.1) is 0 Å². The van der Waals surface area contributed by atoms with E-state index >= 15 is 0 Å². The summed E-state index contributed by atoms with van der Waals surface area (Å²) in [6.45, 7) is 7.69. The molecule has 0 atom stereocenters. The van der Waals surface area contributed by atoms with E-state index in [4.69, 9.17) is 13.6 Å². The van der Waals surface area contributed by atoms with Crippen molar-refractivity contribution in [3.8, 4) is 17.2 Å². The second kappa shape index (κ2) is 7.03. The molecule has 1 aliphatic rings. The lowest BCUT2D eigenvalue weighted by Crippen LogP contribution is -2.14. The molecule has 0 unspecified atom stereocenters. The Bertz CT molecular complexity index is 1020. The van der Waals surface area contributed by atoms with Crippen LogP contribution in [-0.2, 0) is 11.0 Å². The predicted molar refractivity (Wildman–Crippen MR) is 111 cm³/mol. The highest BCUT2D eigenvalue weighted by Gasteiger charge is 2.38. The van der Waals surface area contributed by atoms with Gasteiger partial charge in [-0.05, 0) is 61.1 Å². The first kappa shape index (κ1) is 18.6. The number of phosphoric acid groups is 1. The zero-order valence-electron chi connectivity index (χ0n) is 16.5. The van der Waals surface area contributed by atoms with Gasteiger partial charge < -0.3 is 13.6 Å². The number of rotatable bonds is 2. The molecule has 0 aliphatic carbocycles. The van der Waals surface area contributed by atoms with Gasteiger partial charge in [0.2, 0.25) is 0 Å². The number of hydrogen-bond acceptors (Lipinski definition) is 4. The van der Waals surface area contributed by atoms with Crippen LogP contribution in [0.5, 0.6) is 17.2 Å². The summed E-state index contributed by atoms with van der Waals surface area (Å²) in [5.41, 5.74) is 5.45. The van der Waals surface area contributed by atoms with Crippen molar-refractivity contribution in [2.24, 2.45) is 0 Å². The quantitative estimate of drug-likeness (QED) is 0.467. The van der Waals surface area contributed by atoms with Gasteiger partial charge in [0.1, 0.15) is 17.2 Å². The minimum Gasteiger partial charge on any atom is -0.385 e. The maximum absolute atomic E-state index is 13.8. The third kappa shape index (κ3) is 3.41. The van der Waals surface area contributed by atoms with E-state index in [0.717, 1.165) is 33.4 Å². The number of phosphoric ester groups is 1. The average Bonchev–Trinajstić information content (AvgIpc) is 2.63. The van der Waals surface area contributed by atoms with E-state index in [9.17, 15) is 4.57 Å². The molecule has 1 aliphatic heterocycles. The molecule has 0 saturated carbocycles. The van der Waals surface area contributed by atoms with Crippen LogP contribution >= 0.6 is 7.82 Å². The third-order valence-corrected chi connectivity index (χ3v) is 6.20. The van der Waals surface area contributed by atoms with Crippen molar-refractivity contribution in [2.75, 3.05) is 0 Å². The second-order valence-electron chi connectivity index (χ2n) is 7.25. The van der Waals surface area contributed by atoms with Gasteiger partial charge in [0, 0.05) is 6.42 Å². The Kier molecular flexibility index (Phi) is 4.68. The fraction of sp³-hybridized carbons (Fsp3) is 0.217.